The van der Waals surface area contributed by atoms with E-state index in [1.54, 1.807) is 40.7 Å². The summed E-state index contributed by atoms with van der Waals surface area (Å²) in [6.45, 7) is 1.44. The molecule has 0 saturated carbocycles. The first-order valence-corrected chi connectivity index (χ1v) is 11.8. The predicted octanol–water partition coefficient (Wildman–Crippen LogP) is 1.72. The van der Waals surface area contributed by atoms with E-state index < -0.39 is 30.2 Å². The monoisotopic (exact) mass is 532 g/mol. The largest absolute Gasteiger partial charge is 0.530 e. The molecular weight excluding hydrogens is 507 g/mol. The van der Waals surface area contributed by atoms with Crippen molar-refractivity contribution >= 4 is 29.6 Å². The van der Waals surface area contributed by atoms with Gasteiger partial charge in [-0.2, -0.15) is 8.78 Å². The number of hydrazine groups is 1. The van der Waals surface area contributed by atoms with Gasteiger partial charge in [-0.15, -0.1) is 0 Å². The number of carboxylic acid groups (broad SMARTS) is 1. The van der Waals surface area contributed by atoms with Crippen molar-refractivity contribution in [2.45, 2.75) is 25.8 Å². The van der Waals surface area contributed by atoms with Crippen LogP contribution in [0.1, 0.15) is 28.8 Å². The number of urea groups is 1. The SMILES string of the molecule is O=C(NNC(=O)C(F)F)c1ccc(CN(C(=O)N2CCC3(CC2)CN(C(=O)[O-])C3)c2ccccc2)c(F)c1. The quantitative estimate of drug-likeness (QED) is 0.568. The second kappa shape index (κ2) is 11.0. The van der Waals surface area contributed by atoms with Crippen LogP contribution >= 0.6 is 0 Å². The fourth-order valence-electron chi connectivity index (χ4n) is 4.66. The van der Waals surface area contributed by atoms with Gasteiger partial charge in [0.1, 0.15) is 11.9 Å². The number of nitrogens with zero attached hydrogens (tertiary/aromatic N) is 3. The molecule has 0 atom stereocenters. The van der Waals surface area contributed by atoms with Crippen LogP contribution in [0.3, 0.4) is 0 Å². The minimum atomic E-state index is -3.33. The maximum absolute atomic E-state index is 15.0. The summed E-state index contributed by atoms with van der Waals surface area (Å²) < 4.78 is 39.5. The number of rotatable bonds is 5. The molecule has 13 heteroatoms. The number of piperidine rings is 1. The Bertz CT molecular complexity index is 1210. The number of carbonyl (C=O) groups is 4. The van der Waals surface area contributed by atoms with Crippen LogP contribution in [-0.4, -0.2) is 66.3 Å². The molecule has 2 saturated heterocycles. The molecule has 0 aliphatic carbocycles. The molecule has 2 aliphatic heterocycles. The molecule has 2 N–H and O–H groups in total. The highest BCUT2D eigenvalue weighted by Gasteiger charge is 2.46. The Kier molecular flexibility index (Phi) is 7.74. The third-order valence-corrected chi connectivity index (χ3v) is 6.85. The summed E-state index contributed by atoms with van der Waals surface area (Å²) in [5, 5.41) is 11.0. The minimum Gasteiger partial charge on any atom is -0.530 e. The molecule has 2 aromatic rings. The van der Waals surface area contributed by atoms with Gasteiger partial charge in [-0.1, -0.05) is 24.3 Å². The highest BCUT2D eigenvalue weighted by Crippen LogP contribution is 2.40. The zero-order chi connectivity index (χ0) is 27.4. The number of alkyl halides is 2. The zero-order valence-electron chi connectivity index (χ0n) is 20.2. The van der Waals surface area contributed by atoms with E-state index in [9.17, 15) is 37.5 Å². The maximum Gasteiger partial charge on any atom is 0.324 e. The van der Waals surface area contributed by atoms with Gasteiger partial charge >= 0.3 is 18.4 Å². The van der Waals surface area contributed by atoms with Crippen LogP contribution in [-0.2, 0) is 11.3 Å². The normalized spacial score (nSPS) is 16.1. The summed E-state index contributed by atoms with van der Waals surface area (Å²) in [7, 11) is 0. The zero-order valence-corrected chi connectivity index (χ0v) is 20.2. The molecule has 5 amide bonds. The number of amides is 5. The molecule has 2 aliphatic rings. The Labute approximate surface area is 216 Å². The molecule has 2 aromatic carbocycles. The molecule has 38 heavy (non-hydrogen) atoms. The minimum absolute atomic E-state index is 0.104. The van der Waals surface area contributed by atoms with E-state index in [1.165, 1.54) is 27.4 Å². The summed E-state index contributed by atoms with van der Waals surface area (Å²) >= 11 is 0. The number of nitrogens with one attached hydrogen (secondary N) is 2. The molecular formula is C25H25F3N5O5-. The van der Waals surface area contributed by atoms with Crippen LogP contribution in [0.2, 0.25) is 0 Å². The average Bonchev–Trinajstić information content (AvgIpc) is 2.89. The summed E-state index contributed by atoms with van der Waals surface area (Å²) in [6, 6.07) is 11.8. The molecule has 0 unspecified atom stereocenters. The third kappa shape index (κ3) is 5.82. The van der Waals surface area contributed by atoms with E-state index in [0.717, 1.165) is 6.07 Å². The summed E-state index contributed by atoms with van der Waals surface area (Å²) in [6.07, 6.45) is -3.27. The van der Waals surface area contributed by atoms with Crippen LogP contribution in [0.5, 0.6) is 0 Å². The van der Waals surface area contributed by atoms with Gasteiger partial charge in [0, 0.05) is 48.4 Å². The number of hydrogen-bond acceptors (Lipinski definition) is 5. The van der Waals surface area contributed by atoms with Gasteiger partial charge in [-0.3, -0.25) is 25.3 Å². The van der Waals surface area contributed by atoms with Crippen LogP contribution in [0, 0.1) is 11.2 Å². The van der Waals surface area contributed by atoms with Gasteiger partial charge in [-0.05, 0) is 37.1 Å². The fourth-order valence-corrected chi connectivity index (χ4v) is 4.66. The van der Waals surface area contributed by atoms with Crippen molar-refractivity contribution in [1.82, 2.24) is 20.7 Å². The highest BCUT2D eigenvalue weighted by molar-refractivity contribution is 5.96. The fraction of sp³-hybridized carbons (Fsp3) is 0.360. The maximum atomic E-state index is 15.0. The van der Waals surface area contributed by atoms with Crippen LogP contribution in [0.15, 0.2) is 48.5 Å². The van der Waals surface area contributed by atoms with E-state index in [-0.39, 0.29) is 29.1 Å². The Morgan fingerprint density at radius 1 is 0.974 bits per heavy atom. The summed E-state index contributed by atoms with van der Waals surface area (Å²) in [4.78, 5) is 51.9. The molecule has 10 nitrogen and oxygen atoms in total. The number of likely N-dealkylation sites (tertiary alicyclic amines) is 2. The van der Waals surface area contributed by atoms with Crippen molar-refractivity contribution in [3.63, 3.8) is 0 Å². The van der Waals surface area contributed by atoms with E-state index in [1.807, 2.05) is 0 Å². The van der Waals surface area contributed by atoms with E-state index in [0.29, 0.717) is 44.7 Å². The molecule has 0 aromatic heterocycles. The van der Waals surface area contributed by atoms with Crippen molar-refractivity contribution in [1.29, 1.82) is 0 Å². The van der Waals surface area contributed by atoms with Crippen molar-refractivity contribution < 1.29 is 37.5 Å². The van der Waals surface area contributed by atoms with Gasteiger partial charge in [0.25, 0.3) is 5.91 Å². The lowest BCUT2D eigenvalue weighted by Crippen LogP contribution is -2.65. The Hall–Kier alpha value is -4.29. The van der Waals surface area contributed by atoms with Crippen LogP contribution < -0.4 is 20.9 Å². The topological polar surface area (TPSA) is 125 Å². The van der Waals surface area contributed by atoms with Gasteiger partial charge in [0.05, 0.1) is 6.54 Å². The van der Waals surface area contributed by atoms with E-state index in [4.69, 9.17) is 0 Å². The van der Waals surface area contributed by atoms with Crippen molar-refractivity contribution in [3.8, 4) is 0 Å². The first kappa shape index (κ1) is 26.8. The second-order valence-electron chi connectivity index (χ2n) is 9.36. The van der Waals surface area contributed by atoms with Gasteiger partial charge in [-0.25, -0.2) is 9.18 Å². The first-order chi connectivity index (χ1) is 18.1. The average molecular weight is 532 g/mol. The third-order valence-electron chi connectivity index (χ3n) is 6.85. The molecule has 202 valence electrons. The molecule has 4 rings (SSSR count). The Morgan fingerprint density at radius 2 is 1.63 bits per heavy atom. The van der Waals surface area contributed by atoms with Crippen molar-refractivity contribution in [3.05, 3.63) is 65.5 Å². The number of anilines is 1. The summed E-state index contributed by atoms with van der Waals surface area (Å²) in [5.74, 6) is -3.50. The smallest absolute Gasteiger partial charge is 0.324 e. The number of benzene rings is 2. The number of halogens is 3. The molecule has 0 bridgehead atoms. The lowest BCUT2D eigenvalue weighted by molar-refractivity contribution is -0.276. The van der Waals surface area contributed by atoms with Gasteiger partial charge in [0.15, 0.2) is 0 Å². The van der Waals surface area contributed by atoms with Gasteiger partial charge < -0.3 is 19.7 Å². The predicted molar refractivity (Wildman–Crippen MR) is 126 cm³/mol. The Morgan fingerprint density at radius 3 is 2.21 bits per heavy atom. The van der Waals surface area contributed by atoms with Crippen molar-refractivity contribution in [2.75, 3.05) is 31.1 Å². The van der Waals surface area contributed by atoms with E-state index in [2.05, 4.69) is 0 Å². The molecule has 2 fully saturated rings. The molecule has 2 heterocycles. The molecule has 0 radical (unpaired) electrons. The first-order valence-electron chi connectivity index (χ1n) is 11.8. The number of hydrogen-bond donors (Lipinski definition) is 2. The lowest BCUT2D eigenvalue weighted by Gasteiger charge is -2.55. The van der Waals surface area contributed by atoms with E-state index >= 15 is 0 Å². The standard InChI is InChI=1S/C25H26F3N5O5/c26-19-12-16(21(34)29-30-22(35)20(27)28)6-7-17(19)13-33(18-4-2-1-3-5-18)23(36)31-10-8-25(9-11-31)14-32(15-25)24(37)38/h1-7,12,20H,8-11,13-15H2,(H,29,34)(H,30,35)(H,37,38)/p-1. The Balaban J connectivity index is 1.45. The highest BCUT2D eigenvalue weighted by atomic mass is 19.3. The second-order valence-corrected chi connectivity index (χ2v) is 9.36. The summed E-state index contributed by atoms with van der Waals surface area (Å²) in [5.41, 5.74) is 3.58. The van der Waals surface area contributed by atoms with Crippen molar-refractivity contribution in [2.24, 2.45) is 5.41 Å². The molecule has 1 spiro atoms. The number of para-hydroxylation sites is 1. The lowest BCUT2D eigenvalue weighted by atomic mass is 9.72. The number of carbonyl (C=O) groups excluding carboxylic acids is 4. The van der Waals surface area contributed by atoms with Gasteiger partial charge in [0.2, 0.25) is 0 Å². The van der Waals surface area contributed by atoms with Crippen LogP contribution in [0.25, 0.3) is 0 Å². The van der Waals surface area contributed by atoms with Crippen LogP contribution in [0.4, 0.5) is 28.4 Å².